The number of ketones is 1. The van der Waals surface area contributed by atoms with Gasteiger partial charge in [-0.2, -0.15) is 0 Å². The molecule has 2 aromatic carbocycles. The predicted molar refractivity (Wildman–Crippen MR) is 96.0 cm³/mol. The molecule has 0 spiro atoms. The number of hydrogen-bond donors (Lipinski definition) is 2. The maximum absolute atomic E-state index is 12.5. The number of aliphatic carboxylic acids is 2. The molecule has 1 atom stereocenters. The lowest BCUT2D eigenvalue weighted by Gasteiger charge is -2.21. The second-order valence-electron chi connectivity index (χ2n) is 5.45. The Bertz CT molecular complexity index is 772. The highest BCUT2D eigenvalue weighted by Gasteiger charge is 2.37. The van der Waals surface area contributed by atoms with Gasteiger partial charge in [-0.25, -0.2) is 0 Å². The van der Waals surface area contributed by atoms with E-state index in [0.29, 0.717) is 16.1 Å². The molecule has 0 aliphatic heterocycles. The molecule has 0 radical (unpaired) electrons. The van der Waals surface area contributed by atoms with Crippen LogP contribution >= 0.6 is 27.5 Å². The molecule has 0 aromatic heterocycles. The van der Waals surface area contributed by atoms with Crippen molar-refractivity contribution in [3.05, 3.63) is 69.2 Å². The van der Waals surface area contributed by atoms with E-state index in [-0.39, 0.29) is 12.2 Å². The molecule has 0 aliphatic carbocycles. The van der Waals surface area contributed by atoms with Crippen molar-refractivity contribution in [2.24, 2.45) is 5.92 Å². The molecule has 2 rings (SSSR count). The minimum atomic E-state index is -1.74. The highest BCUT2D eigenvalue weighted by atomic mass is 79.9. The molecule has 5 nitrogen and oxygen atoms in total. The normalized spacial score (nSPS) is 12.0. The van der Waals surface area contributed by atoms with Crippen molar-refractivity contribution >= 4 is 45.3 Å². The van der Waals surface area contributed by atoms with Crippen LogP contribution in [-0.2, 0) is 9.59 Å². The molecular formula is C18H14BrClO5. The van der Waals surface area contributed by atoms with Crippen LogP contribution in [0.3, 0.4) is 0 Å². The van der Waals surface area contributed by atoms with Crippen molar-refractivity contribution in [3.8, 4) is 0 Å². The van der Waals surface area contributed by atoms with E-state index in [2.05, 4.69) is 15.9 Å². The fourth-order valence-electron chi connectivity index (χ4n) is 2.54. The maximum Gasteiger partial charge on any atom is 0.318 e. The Kier molecular flexibility index (Phi) is 6.33. The summed E-state index contributed by atoms with van der Waals surface area (Å²) in [5.41, 5.74) is 0.821. The summed E-state index contributed by atoms with van der Waals surface area (Å²) in [6.07, 6.45) is -0.244. The van der Waals surface area contributed by atoms with Crippen molar-refractivity contribution < 1.29 is 24.6 Å². The SMILES string of the molecule is O=C(CC(c1ccc(Cl)cc1)C(C(=O)O)C(=O)O)c1ccc(Br)cc1. The first-order valence-corrected chi connectivity index (χ1v) is 8.46. The molecule has 0 saturated heterocycles. The molecule has 0 saturated carbocycles. The van der Waals surface area contributed by atoms with Gasteiger partial charge in [0.2, 0.25) is 0 Å². The Morgan fingerprint density at radius 3 is 1.92 bits per heavy atom. The van der Waals surface area contributed by atoms with Gasteiger partial charge in [0.15, 0.2) is 11.7 Å². The number of hydrogen-bond acceptors (Lipinski definition) is 3. The smallest absolute Gasteiger partial charge is 0.318 e. The highest BCUT2D eigenvalue weighted by Crippen LogP contribution is 2.31. The van der Waals surface area contributed by atoms with Crippen LogP contribution in [0, 0.1) is 5.92 Å². The van der Waals surface area contributed by atoms with Gasteiger partial charge < -0.3 is 10.2 Å². The quantitative estimate of drug-likeness (QED) is 0.511. The number of carboxylic acids is 2. The van der Waals surface area contributed by atoms with Crippen LogP contribution in [0.25, 0.3) is 0 Å². The summed E-state index contributed by atoms with van der Waals surface area (Å²) in [7, 11) is 0. The molecule has 130 valence electrons. The number of rotatable bonds is 7. The van der Waals surface area contributed by atoms with Crippen molar-refractivity contribution in [2.75, 3.05) is 0 Å². The lowest BCUT2D eigenvalue weighted by atomic mass is 9.81. The molecule has 0 amide bonds. The Hall–Kier alpha value is -2.18. The summed E-state index contributed by atoms with van der Waals surface area (Å²) < 4.78 is 0.798. The summed E-state index contributed by atoms with van der Waals surface area (Å²) in [6, 6.07) is 12.7. The van der Waals surface area contributed by atoms with E-state index in [0.717, 1.165) is 4.47 Å². The van der Waals surface area contributed by atoms with E-state index in [1.165, 1.54) is 12.1 Å². The lowest BCUT2D eigenvalue weighted by molar-refractivity contribution is -0.155. The molecule has 2 N–H and O–H groups in total. The van der Waals surface area contributed by atoms with Crippen LogP contribution in [0.1, 0.15) is 28.3 Å². The first-order valence-electron chi connectivity index (χ1n) is 7.29. The molecule has 0 aliphatic rings. The Morgan fingerprint density at radius 2 is 1.44 bits per heavy atom. The molecule has 25 heavy (non-hydrogen) atoms. The van der Waals surface area contributed by atoms with Gasteiger partial charge >= 0.3 is 11.9 Å². The van der Waals surface area contributed by atoms with E-state index in [9.17, 15) is 24.6 Å². The number of carboxylic acid groups (broad SMARTS) is 2. The fourth-order valence-corrected chi connectivity index (χ4v) is 2.93. The summed E-state index contributed by atoms with van der Waals surface area (Å²) in [4.78, 5) is 35.5. The average Bonchev–Trinajstić information content (AvgIpc) is 2.54. The second kappa shape index (κ2) is 8.27. The zero-order valence-electron chi connectivity index (χ0n) is 12.9. The summed E-state index contributed by atoms with van der Waals surface area (Å²) in [5, 5.41) is 19.1. The van der Waals surface area contributed by atoms with Gasteiger partial charge in [0, 0.05) is 27.4 Å². The van der Waals surface area contributed by atoms with Crippen LogP contribution < -0.4 is 0 Å². The molecule has 1 unspecified atom stereocenters. The molecule has 0 fully saturated rings. The van der Waals surface area contributed by atoms with Gasteiger partial charge in [-0.15, -0.1) is 0 Å². The zero-order valence-corrected chi connectivity index (χ0v) is 15.2. The number of carbonyl (C=O) groups excluding carboxylic acids is 1. The van der Waals surface area contributed by atoms with Gasteiger partial charge in [-0.3, -0.25) is 14.4 Å². The lowest BCUT2D eigenvalue weighted by Crippen LogP contribution is -2.31. The summed E-state index contributed by atoms with van der Waals surface area (Å²) >= 11 is 9.10. The molecule has 2 aromatic rings. The van der Waals surface area contributed by atoms with E-state index in [1.807, 2.05) is 0 Å². The van der Waals surface area contributed by atoms with Gasteiger partial charge in [-0.05, 0) is 29.8 Å². The van der Waals surface area contributed by atoms with Crippen molar-refractivity contribution in [3.63, 3.8) is 0 Å². The van der Waals surface area contributed by atoms with Gasteiger partial charge in [0.25, 0.3) is 0 Å². The standard InChI is InChI=1S/C18H14BrClO5/c19-12-5-1-11(2-6-12)15(21)9-14(16(17(22)23)18(24)25)10-3-7-13(20)8-4-10/h1-8,14,16H,9H2,(H,22,23)(H,24,25). The molecule has 0 heterocycles. The number of Topliss-reactive ketones (excluding diaryl/α,β-unsaturated/α-hetero) is 1. The number of benzene rings is 2. The summed E-state index contributed by atoms with van der Waals surface area (Å²) in [6.45, 7) is 0. The average molecular weight is 426 g/mol. The monoisotopic (exact) mass is 424 g/mol. The first-order chi connectivity index (χ1) is 11.8. The van der Waals surface area contributed by atoms with E-state index >= 15 is 0 Å². The summed E-state index contributed by atoms with van der Waals surface area (Å²) in [5.74, 6) is -6.06. The Morgan fingerprint density at radius 1 is 0.920 bits per heavy atom. The second-order valence-corrected chi connectivity index (χ2v) is 6.80. The van der Waals surface area contributed by atoms with Crippen LogP contribution in [-0.4, -0.2) is 27.9 Å². The van der Waals surface area contributed by atoms with Crippen LogP contribution in [0.5, 0.6) is 0 Å². The third-order valence-electron chi connectivity index (χ3n) is 3.80. The van der Waals surface area contributed by atoms with Gasteiger partial charge in [0.05, 0.1) is 0 Å². The largest absolute Gasteiger partial charge is 0.481 e. The van der Waals surface area contributed by atoms with Gasteiger partial charge in [-0.1, -0.05) is 51.8 Å². The Balaban J connectivity index is 2.38. The maximum atomic E-state index is 12.5. The van der Waals surface area contributed by atoms with Crippen molar-refractivity contribution in [2.45, 2.75) is 12.3 Å². The van der Waals surface area contributed by atoms with Gasteiger partial charge in [0.1, 0.15) is 0 Å². The minimum Gasteiger partial charge on any atom is -0.481 e. The number of carbonyl (C=O) groups is 3. The van der Waals surface area contributed by atoms with Crippen LogP contribution in [0.15, 0.2) is 53.0 Å². The predicted octanol–water partition coefficient (Wildman–Crippen LogP) is 4.24. The number of halogens is 2. The molecule has 0 bridgehead atoms. The third kappa shape index (κ3) is 4.90. The Labute approximate surface area is 157 Å². The topological polar surface area (TPSA) is 91.7 Å². The fraction of sp³-hybridized carbons (Fsp3) is 0.167. The first kappa shape index (κ1) is 19.1. The third-order valence-corrected chi connectivity index (χ3v) is 4.58. The van der Waals surface area contributed by atoms with E-state index in [4.69, 9.17) is 11.6 Å². The zero-order chi connectivity index (χ0) is 18.6. The van der Waals surface area contributed by atoms with E-state index < -0.39 is 23.8 Å². The van der Waals surface area contributed by atoms with Crippen LogP contribution in [0.4, 0.5) is 0 Å². The van der Waals surface area contributed by atoms with Crippen molar-refractivity contribution in [1.82, 2.24) is 0 Å². The molecule has 7 heteroatoms. The van der Waals surface area contributed by atoms with Crippen LogP contribution in [0.2, 0.25) is 5.02 Å². The van der Waals surface area contributed by atoms with E-state index in [1.54, 1.807) is 36.4 Å². The minimum absolute atomic E-state index is 0.244. The highest BCUT2D eigenvalue weighted by molar-refractivity contribution is 9.10. The molecular weight excluding hydrogens is 412 g/mol. The van der Waals surface area contributed by atoms with Crippen molar-refractivity contribution in [1.29, 1.82) is 0 Å².